The van der Waals surface area contributed by atoms with Crippen LogP contribution in [0, 0.1) is 11.8 Å². The van der Waals surface area contributed by atoms with Crippen LogP contribution >= 0.6 is 23.2 Å². The molecule has 3 N–H and O–H groups in total. The zero-order valence-electron chi connectivity index (χ0n) is 24.7. The van der Waals surface area contributed by atoms with Gasteiger partial charge in [0.2, 0.25) is 11.8 Å². The molecule has 3 amide bonds. The van der Waals surface area contributed by atoms with E-state index in [2.05, 4.69) is 10.6 Å². The molecule has 8 nitrogen and oxygen atoms in total. The molecule has 2 aliphatic rings. The summed E-state index contributed by atoms with van der Waals surface area (Å²) in [4.78, 5) is 53.1. The maximum Gasteiger partial charge on any atom is 0.408 e. The molecule has 2 fully saturated rings. The predicted octanol–water partition coefficient (Wildman–Crippen LogP) is 6.54. The van der Waals surface area contributed by atoms with Crippen molar-refractivity contribution in [3.8, 4) is 0 Å². The van der Waals surface area contributed by atoms with E-state index in [1.165, 1.54) is 4.90 Å². The Morgan fingerprint density at radius 2 is 1.74 bits per heavy atom. The third kappa shape index (κ3) is 8.09. The monoisotopic (exact) mass is 629 g/mol. The third-order valence-corrected chi connectivity index (χ3v) is 9.54. The average molecular weight is 631 g/mol. The Morgan fingerprint density at radius 3 is 2.33 bits per heavy atom. The van der Waals surface area contributed by atoms with E-state index in [0.717, 1.165) is 37.7 Å². The first-order valence-corrected chi connectivity index (χ1v) is 15.8. The van der Waals surface area contributed by atoms with Gasteiger partial charge in [0.05, 0.1) is 12.1 Å². The zero-order chi connectivity index (χ0) is 31.1. The number of nitrogens with one attached hydrogen (secondary N) is 2. The molecule has 232 valence electrons. The lowest BCUT2D eigenvalue weighted by atomic mass is 9.73. The topological polar surface area (TPSA) is 116 Å². The molecular weight excluding hydrogens is 589 g/mol. The number of benzene rings is 2. The average Bonchev–Trinajstić information content (AvgIpc) is 3.39. The molecule has 0 aromatic heterocycles. The van der Waals surface area contributed by atoms with Gasteiger partial charge in [0.15, 0.2) is 0 Å². The van der Waals surface area contributed by atoms with Crippen molar-refractivity contribution in [1.82, 2.24) is 15.5 Å². The summed E-state index contributed by atoms with van der Waals surface area (Å²) in [5, 5.41) is 17.5. The highest BCUT2D eigenvalue weighted by atomic mass is 35.5. The van der Waals surface area contributed by atoms with Crippen LogP contribution in [0.4, 0.5) is 4.79 Å². The van der Waals surface area contributed by atoms with Gasteiger partial charge in [0.25, 0.3) is 0 Å². The van der Waals surface area contributed by atoms with Crippen LogP contribution in [0.2, 0.25) is 10.0 Å². The lowest BCUT2D eigenvalue weighted by Gasteiger charge is -2.45. The quantitative estimate of drug-likeness (QED) is 0.231. The molecule has 2 aromatic rings. The molecule has 1 saturated carbocycles. The minimum Gasteiger partial charge on any atom is -0.465 e. The first kappa shape index (κ1) is 32.8. The summed E-state index contributed by atoms with van der Waals surface area (Å²) >= 11 is 12.6. The number of nitrogens with zero attached hydrogens (tertiary/aromatic N) is 1. The van der Waals surface area contributed by atoms with Crippen LogP contribution in [-0.4, -0.2) is 52.8 Å². The number of amides is 3. The number of aldehydes is 1. The number of carbonyl (C=O) groups is 4. The Kier molecular flexibility index (Phi) is 11.1. The van der Waals surface area contributed by atoms with Gasteiger partial charge in [-0.25, -0.2) is 4.79 Å². The van der Waals surface area contributed by atoms with E-state index < -0.39 is 35.5 Å². The second-order valence-electron chi connectivity index (χ2n) is 12.4. The van der Waals surface area contributed by atoms with Crippen LogP contribution in [0.15, 0.2) is 48.5 Å². The number of carboxylic acid groups (broad SMARTS) is 1. The predicted molar refractivity (Wildman–Crippen MR) is 167 cm³/mol. The minimum atomic E-state index is -1.25. The van der Waals surface area contributed by atoms with Gasteiger partial charge in [-0.3, -0.25) is 14.5 Å². The van der Waals surface area contributed by atoms with Gasteiger partial charge in [-0.1, -0.05) is 93.4 Å². The summed E-state index contributed by atoms with van der Waals surface area (Å²) in [5.41, 5.74) is 0.641. The van der Waals surface area contributed by atoms with Crippen LogP contribution in [-0.2, 0) is 19.8 Å². The molecule has 4 atom stereocenters. The number of hydrogen-bond acceptors (Lipinski definition) is 4. The van der Waals surface area contributed by atoms with Crippen LogP contribution in [0.25, 0.3) is 0 Å². The van der Waals surface area contributed by atoms with Crippen molar-refractivity contribution in [3.63, 3.8) is 0 Å². The summed E-state index contributed by atoms with van der Waals surface area (Å²) in [6.07, 6.45) is 5.42. The maximum absolute atomic E-state index is 14.2. The zero-order valence-corrected chi connectivity index (χ0v) is 26.2. The molecule has 1 aliphatic carbocycles. The highest BCUT2D eigenvalue weighted by molar-refractivity contribution is 6.30. The molecular formula is C33H41Cl2N3O5. The van der Waals surface area contributed by atoms with Gasteiger partial charge in [0.1, 0.15) is 12.3 Å². The first-order valence-electron chi connectivity index (χ1n) is 15.1. The van der Waals surface area contributed by atoms with Crippen molar-refractivity contribution >= 4 is 47.4 Å². The van der Waals surface area contributed by atoms with Crippen molar-refractivity contribution in [2.75, 3.05) is 6.54 Å². The molecule has 10 heteroatoms. The summed E-state index contributed by atoms with van der Waals surface area (Å²) in [6, 6.07) is 11.5. The van der Waals surface area contributed by atoms with E-state index in [4.69, 9.17) is 23.2 Å². The second kappa shape index (κ2) is 14.6. The Balaban J connectivity index is 1.77. The van der Waals surface area contributed by atoms with Crippen molar-refractivity contribution in [2.24, 2.45) is 11.8 Å². The molecule has 2 aromatic carbocycles. The van der Waals surface area contributed by atoms with Crippen LogP contribution in [0.1, 0.15) is 82.4 Å². The number of halogens is 2. The smallest absolute Gasteiger partial charge is 0.408 e. The van der Waals surface area contributed by atoms with Crippen molar-refractivity contribution < 1.29 is 24.3 Å². The summed E-state index contributed by atoms with van der Waals surface area (Å²) in [6.45, 7) is 4.41. The van der Waals surface area contributed by atoms with Crippen molar-refractivity contribution in [3.05, 3.63) is 69.7 Å². The molecule has 4 rings (SSSR count). The van der Waals surface area contributed by atoms with Gasteiger partial charge in [0, 0.05) is 27.9 Å². The van der Waals surface area contributed by atoms with E-state index in [-0.39, 0.29) is 24.2 Å². The number of carbonyl (C=O) groups excluding carboxylic acids is 3. The lowest BCUT2D eigenvalue weighted by Crippen LogP contribution is -2.56. The van der Waals surface area contributed by atoms with E-state index in [1.54, 1.807) is 30.3 Å². The van der Waals surface area contributed by atoms with Crippen LogP contribution < -0.4 is 10.6 Å². The fraction of sp³-hybridized carbons (Fsp3) is 0.515. The van der Waals surface area contributed by atoms with Gasteiger partial charge in [-0.2, -0.15) is 0 Å². The van der Waals surface area contributed by atoms with Crippen LogP contribution in [0.5, 0.6) is 0 Å². The van der Waals surface area contributed by atoms with Gasteiger partial charge in [-0.15, -0.1) is 0 Å². The third-order valence-electron chi connectivity index (χ3n) is 9.05. The maximum atomic E-state index is 14.2. The van der Waals surface area contributed by atoms with Crippen molar-refractivity contribution in [2.45, 2.75) is 88.8 Å². The van der Waals surface area contributed by atoms with E-state index in [9.17, 15) is 24.3 Å². The molecule has 0 bridgehead atoms. The fourth-order valence-corrected chi connectivity index (χ4v) is 7.05. The van der Waals surface area contributed by atoms with Crippen molar-refractivity contribution in [1.29, 1.82) is 0 Å². The Morgan fingerprint density at radius 1 is 1.05 bits per heavy atom. The Hall–Kier alpha value is -3.10. The molecule has 0 radical (unpaired) electrons. The summed E-state index contributed by atoms with van der Waals surface area (Å²) in [7, 11) is 0. The standard InChI is InChI=1S/C33H41Cl2N3O5/c1-33(2,24-9-6-10-26(35)19-24)29(22-11-13-25(34)14-12-22)38(32(42)43)28(17-21-7-4-3-5-8-21)31(41)37-27(20-39)18-23-15-16-36-30(23)40/h6,9-14,19-21,23,27-29H,3-5,7-8,15-18H2,1-2H3,(H,36,40)(H,37,41)(H,42,43)/t23-,27?,28?,29?/m0/s1. The molecule has 3 unspecified atom stereocenters. The molecule has 1 heterocycles. The van der Waals surface area contributed by atoms with Gasteiger partial charge >= 0.3 is 6.09 Å². The largest absolute Gasteiger partial charge is 0.465 e. The Bertz CT molecular complexity index is 1300. The molecule has 1 saturated heterocycles. The highest BCUT2D eigenvalue weighted by Gasteiger charge is 2.45. The van der Waals surface area contributed by atoms with Gasteiger partial charge < -0.3 is 20.5 Å². The SMILES string of the molecule is CC(C)(c1cccc(Cl)c1)C(c1ccc(Cl)cc1)N(C(=O)O)C(CC1CCCCC1)C(=O)NC(C=O)C[C@@H]1CCNC1=O. The van der Waals surface area contributed by atoms with E-state index in [1.807, 2.05) is 32.0 Å². The summed E-state index contributed by atoms with van der Waals surface area (Å²) in [5.74, 6) is -0.907. The normalized spacial score (nSPS) is 19.6. The molecule has 1 aliphatic heterocycles. The van der Waals surface area contributed by atoms with E-state index in [0.29, 0.717) is 41.3 Å². The lowest BCUT2D eigenvalue weighted by molar-refractivity contribution is -0.131. The number of hydrogen-bond donors (Lipinski definition) is 3. The number of rotatable bonds is 12. The summed E-state index contributed by atoms with van der Waals surface area (Å²) < 4.78 is 0. The molecule has 0 spiro atoms. The first-order chi connectivity index (χ1) is 20.5. The Labute approximate surface area is 263 Å². The van der Waals surface area contributed by atoms with Crippen LogP contribution in [0.3, 0.4) is 0 Å². The molecule has 43 heavy (non-hydrogen) atoms. The van der Waals surface area contributed by atoms with Gasteiger partial charge in [-0.05, 0) is 60.6 Å². The second-order valence-corrected chi connectivity index (χ2v) is 13.3. The fourth-order valence-electron chi connectivity index (χ4n) is 6.73. The highest BCUT2D eigenvalue weighted by Crippen LogP contribution is 2.44. The van der Waals surface area contributed by atoms with E-state index >= 15 is 0 Å². The minimum absolute atomic E-state index is 0.141.